The Labute approximate surface area is 192 Å². The number of rotatable bonds is 11. The second kappa shape index (κ2) is 11.8. The van der Waals surface area contributed by atoms with Crippen LogP contribution in [-0.2, 0) is 25.6 Å². The Morgan fingerprint density at radius 3 is 2.55 bits per heavy atom. The van der Waals surface area contributed by atoms with Crippen molar-refractivity contribution in [3.05, 3.63) is 18.2 Å². The van der Waals surface area contributed by atoms with Crippen molar-refractivity contribution in [1.29, 1.82) is 0 Å². The first-order valence-corrected chi connectivity index (χ1v) is 11.1. The first kappa shape index (κ1) is 26.3. The molecule has 33 heavy (non-hydrogen) atoms. The average molecular weight is 467 g/mol. The van der Waals surface area contributed by atoms with Crippen LogP contribution >= 0.6 is 0 Å². The maximum Gasteiger partial charge on any atom is 0.328 e. The van der Waals surface area contributed by atoms with Gasteiger partial charge in [-0.25, -0.2) is 9.78 Å². The van der Waals surface area contributed by atoms with Crippen LogP contribution < -0.4 is 16.4 Å². The minimum absolute atomic E-state index is 0.0911. The molecule has 0 saturated carbocycles. The standard InChI is InChI=1S/C21H34N6O6/c1-4-11(2)16(22)19(30)25-14(8-13-9-23-10-24-13)20(31)27-7-5-6-15(27)18(29)26-17(12(3)28)21(32)33/h9-12,14-17,28H,4-8,22H2,1-3H3,(H,23,24)(H,25,30)(H,26,29)(H,32,33). The maximum absolute atomic E-state index is 13.4. The molecule has 0 aliphatic carbocycles. The minimum Gasteiger partial charge on any atom is -0.480 e. The Hall–Kier alpha value is -2.99. The normalized spacial score (nSPS) is 20.4. The van der Waals surface area contributed by atoms with Crippen LogP contribution in [0.5, 0.6) is 0 Å². The number of H-pyrrole nitrogens is 1. The number of likely N-dealkylation sites (tertiary alicyclic amines) is 1. The van der Waals surface area contributed by atoms with Gasteiger partial charge in [0.15, 0.2) is 6.04 Å². The van der Waals surface area contributed by atoms with Crippen LogP contribution in [0.15, 0.2) is 12.5 Å². The zero-order chi connectivity index (χ0) is 24.7. The summed E-state index contributed by atoms with van der Waals surface area (Å²) in [4.78, 5) is 58.4. The second-order valence-electron chi connectivity index (χ2n) is 8.51. The lowest BCUT2D eigenvalue weighted by molar-refractivity contribution is -0.147. The number of aromatic nitrogens is 2. The highest BCUT2D eigenvalue weighted by molar-refractivity contribution is 5.94. The van der Waals surface area contributed by atoms with E-state index < -0.39 is 54.0 Å². The maximum atomic E-state index is 13.4. The minimum atomic E-state index is -1.50. The first-order valence-electron chi connectivity index (χ1n) is 11.1. The molecule has 0 aromatic carbocycles. The summed E-state index contributed by atoms with van der Waals surface area (Å²) in [5, 5.41) is 23.9. The van der Waals surface area contributed by atoms with E-state index in [-0.39, 0.29) is 18.9 Å². The van der Waals surface area contributed by atoms with E-state index in [4.69, 9.17) is 5.73 Å². The molecule has 12 nitrogen and oxygen atoms in total. The van der Waals surface area contributed by atoms with Gasteiger partial charge in [0.1, 0.15) is 12.1 Å². The molecule has 7 N–H and O–H groups in total. The second-order valence-corrected chi connectivity index (χ2v) is 8.51. The number of carboxylic acids is 1. The number of aliphatic carboxylic acids is 1. The van der Waals surface area contributed by atoms with Crippen LogP contribution in [0.3, 0.4) is 0 Å². The van der Waals surface area contributed by atoms with E-state index in [9.17, 15) is 29.4 Å². The van der Waals surface area contributed by atoms with Gasteiger partial charge in [-0.15, -0.1) is 0 Å². The van der Waals surface area contributed by atoms with Gasteiger partial charge in [-0.2, -0.15) is 0 Å². The van der Waals surface area contributed by atoms with Crippen LogP contribution in [-0.4, -0.2) is 85.6 Å². The summed E-state index contributed by atoms with van der Waals surface area (Å²) in [6.07, 6.45) is 3.36. The van der Waals surface area contributed by atoms with E-state index in [1.165, 1.54) is 24.3 Å². The Morgan fingerprint density at radius 2 is 2.00 bits per heavy atom. The number of hydrogen-bond donors (Lipinski definition) is 6. The predicted molar refractivity (Wildman–Crippen MR) is 118 cm³/mol. The molecule has 12 heteroatoms. The largest absolute Gasteiger partial charge is 0.480 e. The number of hydrogen-bond acceptors (Lipinski definition) is 7. The van der Waals surface area contributed by atoms with Crippen LogP contribution in [0.1, 0.15) is 45.7 Å². The smallest absolute Gasteiger partial charge is 0.328 e. The number of carbonyl (C=O) groups excluding carboxylic acids is 3. The molecule has 1 aliphatic heterocycles. The summed E-state index contributed by atoms with van der Waals surface area (Å²) in [6.45, 7) is 5.29. The van der Waals surface area contributed by atoms with E-state index in [1.54, 1.807) is 0 Å². The van der Waals surface area contributed by atoms with Crippen LogP contribution in [0.2, 0.25) is 0 Å². The summed E-state index contributed by atoms with van der Waals surface area (Å²) >= 11 is 0. The topological polar surface area (TPSA) is 191 Å². The van der Waals surface area contributed by atoms with Gasteiger partial charge in [-0.05, 0) is 25.7 Å². The van der Waals surface area contributed by atoms with E-state index in [0.717, 1.165) is 0 Å². The number of aliphatic hydroxyl groups excluding tert-OH is 1. The highest BCUT2D eigenvalue weighted by Gasteiger charge is 2.40. The molecule has 1 aromatic heterocycles. The third kappa shape index (κ3) is 6.75. The van der Waals surface area contributed by atoms with Crippen molar-refractivity contribution < 1.29 is 29.4 Å². The molecule has 6 unspecified atom stereocenters. The Bertz CT molecular complexity index is 829. The fourth-order valence-corrected chi connectivity index (χ4v) is 3.74. The highest BCUT2D eigenvalue weighted by Crippen LogP contribution is 2.20. The predicted octanol–water partition coefficient (Wildman–Crippen LogP) is -1.25. The lowest BCUT2D eigenvalue weighted by Gasteiger charge is -2.30. The van der Waals surface area contributed by atoms with Crippen molar-refractivity contribution >= 4 is 23.7 Å². The molecular formula is C21H34N6O6. The van der Waals surface area contributed by atoms with Crippen molar-refractivity contribution in [2.24, 2.45) is 11.7 Å². The number of nitrogens with zero attached hydrogens (tertiary/aromatic N) is 2. The molecule has 2 heterocycles. The zero-order valence-electron chi connectivity index (χ0n) is 19.2. The van der Waals surface area contributed by atoms with Gasteiger partial charge in [-0.3, -0.25) is 14.4 Å². The average Bonchev–Trinajstić information content (AvgIpc) is 3.46. The highest BCUT2D eigenvalue weighted by atomic mass is 16.4. The molecule has 1 saturated heterocycles. The zero-order valence-corrected chi connectivity index (χ0v) is 19.2. The number of aliphatic hydroxyl groups is 1. The van der Waals surface area contributed by atoms with Gasteiger partial charge in [-0.1, -0.05) is 20.3 Å². The third-order valence-corrected chi connectivity index (χ3v) is 6.04. The molecule has 0 radical (unpaired) electrons. The lowest BCUT2D eigenvalue weighted by atomic mass is 9.98. The number of aromatic amines is 1. The van der Waals surface area contributed by atoms with Crippen molar-refractivity contribution in [1.82, 2.24) is 25.5 Å². The van der Waals surface area contributed by atoms with Gasteiger partial charge in [0.2, 0.25) is 17.7 Å². The summed E-state index contributed by atoms with van der Waals surface area (Å²) in [5.74, 6) is -3.08. The molecule has 1 aliphatic rings. The Kier molecular flexibility index (Phi) is 9.35. The summed E-state index contributed by atoms with van der Waals surface area (Å²) < 4.78 is 0. The molecule has 2 rings (SSSR count). The lowest BCUT2D eigenvalue weighted by Crippen LogP contribution is -2.58. The summed E-state index contributed by atoms with van der Waals surface area (Å²) in [7, 11) is 0. The Morgan fingerprint density at radius 1 is 1.30 bits per heavy atom. The summed E-state index contributed by atoms with van der Waals surface area (Å²) in [6, 6.07) is -4.20. The molecule has 184 valence electrons. The monoisotopic (exact) mass is 466 g/mol. The fourth-order valence-electron chi connectivity index (χ4n) is 3.74. The quantitative estimate of drug-likeness (QED) is 0.233. The Balaban J connectivity index is 2.20. The van der Waals surface area contributed by atoms with Gasteiger partial charge < -0.3 is 36.5 Å². The van der Waals surface area contributed by atoms with Gasteiger partial charge in [0.25, 0.3) is 0 Å². The number of amides is 3. The van der Waals surface area contributed by atoms with E-state index >= 15 is 0 Å². The first-order chi connectivity index (χ1) is 15.6. The number of nitrogens with two attached hydrogens (primary N) is 1. The third-order valence-electron chi connectivity index (χ3n) is 6.04. The fraction of sp³-hybridized carbons (Fsp3) is 0.667. The van der Waals surface area contributed by atoms with Crippen LogP contribution in [0.25, 0.3) is 0 Å². The molecule has 3 amide bonds. The molecule has 0 spiro atoms. The number of nitrogens with one attached hydrogen (secondary N) is 3. The molecule has 1 fully saturated rings. The van der Waals surface area contributed by atoms with Crippen LogP contribution in [0.4, 0.5) is 0 Å². The van der Waals surface area contributed by atoms with Crippen LogP contribution in [0, 0.1) is 5.92 Å². The van der Waals surface area contributed by atoms with E-state index in [0.29, 0.717) is 25.0 Å². The number of carboxylic acid groups (broad SMARTS) is 1. The SMILES string of the molecule is CCC(C)C(N)C(=O)NC(Cc1cnc[nH]1)C(=O)N1CCCC1C(=O)NC(C(=O)O)C(C)O. The van der Waals surface area contributed by atoms with Gasteiger partial charge in [0.05, 0.1) is 18.5 Å². The molecular weight excluding hydrogens is 432 g/mol. The number of imidazole rings is 1. The van der Waals surface area contributed by atoms with E-state index in [2.05, 4.69) is 20.6 Å². The molecule has 0 bridgehead atoms. The summed E-state index contributed by atoms with van der Waals surface area (Å²) in [5.41, 5.74) is 6.65. The molecule has 1 aromatic rings. The van der Waals surface area contributed by atoms with Gasteiger partial charge >= 0.3 is 5.97 Å². The van der Waals surface area contributed by atoms with E-state index in [1.807, 2.05) is 13.8 Å². The molecule has 6 atom stereocenters. The van der Waals surface area contributed by atoms with Crippen molar-refractivity contribution in [3.63, 3.8) is 0 Å². The van der Waals surface area contributed by atoms with Crippen molar-refractivity contribution in [2.75, 3.05) is 6.54 Å². The van der Waals surface area contributed by atoms with Gasteiger partial charge in [0, 0.05) is 24.9 Å². The van der Waals surface area contributed by atoms with Crippen molar-refractivity contribution in [2.45, 2.75) is 76.7 Å². The van der Waals surface area contributed by atoms with Crippen molar-refractivity contribution in [3.8, 4) is 0 Å². The number of carbonyl (C=O) groups is 4.